The van der Waals surface area contributed by atoms with Gasteiger partial charge in [-0.15, -0.1) is 0 Å². The number of aromatic nitrogens is 1. The van der Waals surface area contributed by atoms with Gasteiger partial charge in [0.2, 0.25) is 0 Å². The molecule has 3 aromatic rings. The van der Waals surface area contributed by atoms with Crippen molar-refractivity contribution in [3.63, 3.8) is 0 Å². The van der Waals surface area contributed by atoms with Crippen LogP contribution in [0.2, 0.25) is 0 Å². The monoisotopic (exact) mass is 844 g/mol. The molecule has 2 aliphatic rings. The van der Waals surface area contributed by atoms with Crippen molar-refractivity contribution in [1.82, 2.24) is 9.88 Å². The molecule has 1 aliphatic heterocycles. The molecular formula is C49H69N3O9. The van der Waals surface area contributed by atoms with Crippen molar-refractivity contribution in [2.75, 3.05) is 20.7 Å². The van der Waals surface area contributed by atoms with Crippen LogP contribution in [0.4, 0.5) is 0 Å². The smallest absolute Gasteiger partial charge is 0.185 e. The first-order valence-electron chi connectivity index (χ1n) is 21.9. The highest BCUT2D eigenvalue weighted by molar-refractivity contribution is 6.03. The number of carbonyl (C=O) groups is 2. The fraction of sp³-hybridized carbons (Fsp3) is 0.592. The van der Waals surface area contributed by atoms with Crippen LogP contribution in [0.5, 0.6) is 0 Å². The molecule has 61 heavy (non-hydrogen) atoms. The zero-order valence-corrected chi connectivity index (χ0v) is 37.7. The van der Waals surface area contributed by atoms with Crippen molar-refractivity contribution in [3.05, 3.63) is 84.1 Å². The molecule has 1 aromatic heterocycles. The SMILES string of the molecule is CC[C@@H]1CC(=O)[C@H](C)C(=O)[C@H](C)[C@@H](O[C@@H]2O[C@H](C)C[C@H](N(C)C)[C@H]2O)[C@@](C)(OC/C=C/c2cnc3ccccc3c2)C[C@@H](C)/C(=N\OCc2ccccc2)[C@@H](C)[C@@H](O)[C@]1(C)O. The number of rotatable bonds is 11. The predicted octanol–water partition coefficient (Wildman–Crippen LogP) is 7.02. The van der Waals surface area contributed by atoms with Gasteiger partial charge in [0.15, 0.2) is 6.29 Å². The maximum absolute atomic E-state index is 14.7. The number of carbonyl (C=O) groups excluding carboxylic acids is 2. The van der Waals surface area contributed by atoms with E-state index in [9.17, 15) is 24.9 Å². The van der Waals surface area contributed by atoms with Gasteiger partial charge >= 0.3 is 0 Å². The summed E-state index contributed by atoms with van der Waals surface area (Å²) in [6.07, 6.45) is 1.78. The molecule has 3 N–H and O–H groups in total. The Hall–Kier alpha value is -3.88. The highest BCUT2D eigenvalue weighted by Crippen LogP contribution is 2.40. The number of oxime groups is 1. The van der Waals surface area contributed by atoms with Gasteiger partial charge in [0.05, 0.1) is 53.3 Å². The number of benzene rings is 2. The van der Waals surface area contributed by atoms with Crippen molar-refractivity contribution >= 4 is 34.3 Å². The van der Waals surface area contributed by atoms with E-state index in [2.05, 4.69) is 10.1 Å². The number of para-hydroxylation sites is 1. The Balaban J connectivity index is 1.61. The van der Waals surface area contributed by atoms with Gasteiger partial charge in [-0.3, -0.25) is 14.6 Å². The van der Waals surface area contributed by atoms with Crippen LogP contribution in [0.25, 0.3) is 17.0 Å². The molecule has 12 nitrogen and oxygen atoms in total. The van der Waals surface area contributed by atoms with Gasteiger partial charge in [0.1, 0.15) is 24.3 Å². The molecule has 0 spiro atoms. The molecular weight excluding hydrogens is 775 g/mol. The summed E-state index contributed by atoms with van der Waals surface area (Å²) in [5.41, 5.74) is 0.114. The van der Waals surface area contributed by atoms with Gasteiger partial charge in [0.25, 0.3) is 0 Å². The quantitative estimate of drug-likeness (QED) is 0.135. The molecule has 1 saturated carbocycles. The van der Waals surface area contributed by atoms with E-state index in [1.54, 1.807) is 33.9 Å². The lowest BCUT2D eigenvalue weighted by Gasteiger charge is -2.47. The minimum absolute atomic E-state index is 0.0954. The predicted molar refractivity (Wildman–Crippen MR) is 237 cm³/mol. The summed E-state index contributed by atoms with van der Waals surface area (Å²) < 4.78 is 20.1. The van der Waals surface area contributed by atoms with Gasteiger partial charge in [-0.05, 0) is 83.8 Å². The largest absolute Gasteiger partial charge is 0.391 e. The normalized spacial score (nSPS) is 35.5. The zero-order chi connectivity index (χ0) is 44.6. The molecule has 2 fully saturated rings. The first-order valence-corrected chi connectivity index (χ1v) is 21.9. The molecule has 1 saturated heterocycles. The highest BCUT2D eigenvalue weighted by atomic mass is 16.7. The van der Waals surface area contributed by atoms with Crippen molar-refractivity contribution in [2.24, 2.45) is 34.7 Å². The summed E-state index contributed by atoms with van der Waals surface area (Å²) in [6.45, 7) is 14.6. The van der Waals surface area contributed by atoms with E-state index in [0.717, 1.165) is 22.0 Å². The lowest BCUT2D eigenvalue weighted by Crippen LogP contribution is -2.59. The lowest BCUT2D eigenvalue weighted by molar-refractivity contribution is -0.296. The van der Waals surface area contributed by atoms with Crippen molar-refractivity contribution in [1.29, 1.82) is 0 Å². The second-order valence-corrected chi connectivity index (χ2v) is 18.1. The van der Waals surface area contributed by atoms with Crippen molar-refractivity contribution in [2.45, 2.75) is 136 Å². The number of aliphatic hydroxyl groups excluding tert-OH is 2. The van der Waals surface area contributed by atoms with Gasteiger partial charge in [-0.1, -0.05) is 100.0 Å². The van der Waals surface area contributed by atoms with Crippen LogP contribution in [0.15, 0.2) is 78.1 Å². The Labute approximate surface area is 362 Å². The molecule has 0 amide bonds. The molecule has 334 valence electrons. The van der Waals surface area contributed by atoms with E-state index in [4.69, 9.17) is 19.0 Å². The lowest BCUT2D eigenvalue weighted by atomic mass is 9.70. The summed E-state index contributed by atoms with van der Waals surface area (Å²) >= 11 is 0. The molecule has 0 bridgehead atoms. The van der Waals surface area contributed by atoms with Gasteiger partial charge < -0.3 is 39.3 Å². The second-order valence-electron chi connectivity index (χ2n) is 18.1. The minimum Gasteiger partial charge on any atom is -0.391 e. The van der Waals surface area contributed by atoms with Crippen molar-refractivity contribution in [3.8, 4) is 0 Å². The fourth-order valence-electron chi connectivity index (χ4n) is 9.33. The molecule has 2 heterocycles. The van der Waals surface area contributed by atoms with E-state index in [-0.39, 0.29) is 49.8 Å². The van der Waals surface area contributed by atoms with Crippen LogP contribution in [-0.2, 0) is 35.2 Å². The molecule has 13 atom stereocenters. The number of hydrogen-bond donors (Lipinski definition) is 3. The van der Waals surface area contributed by atoms with Crippen LogP contribution in [0.1, 0.15) is 92.2 Å². The number of ketones is 2. The maximum atomic E-state index is 14.7. The van der Waals surface area contributed by atoms with E-state index in [1.807, 2.05) is 120 Å². The molecule has 2 aromatic carbocycles. The summed E-state index contributed by atoms with van der Waals surface area (Å²) in [4.78, 5) is 41.3. The number of aliphatic hydroxyl groups is 3. The van der Waals surface area contributed by atoms with E-state index >= 15 is 0 Å². The minimum atomic E-state index is -1.72. The molecule has 1 aliphatic carbocycles. The number of fused-ring (bicyclic) bond motifs is 1. The average molecular weight is 844 g/mol. The topological polar surface area (TPSA) is 160 Å². The Morgan fingerprint density at radius 3 is 2.36 bits per heavy atom. The van der Waals surface area contributed by atoms with Gasteiger partial charge in [-0.2, -0.15) is 0 Å². The second kappa shape index (κ2) is 21.0. The molecule has 12 heteroatoms. The third kappa shape index (κ3) is 11.6. The highest BCUT2D eigenvalue weighted by Gasteiger charge is 2.51. The first kappa shape index (κ1) is 48.2. The standard InChI is InChI=1S/C49H69N3O9/c1-11-38-26-41(53)32(4)43(54)34(6)46(61-47-44(55)40(52(9)10)24-31(3)60-47)48(7,58-23-17-20-36-25-37-21-15-16-22-39(37)50-28-36)27-30(2)42(33(5)45(56)49(38,8)57)51-59-29-35-18-13-12-14-19-35/h12-22,25,28,30-34,38,40,44-47,55-57H,11,23-24,26-27,29H2,1-10H3/b20-17+,51-42+/t30-,31-,32+,33-,34+,38-,40+,44-,45-,46-,47+,48+,49-/m1/s1. The third-order valence-electron chi connectivity index (χ3n) is 13.2. The summed E-state index contributed by atoms with van der Waals surface area (Å²) in [7, 11) is 3.79. The van der Waals surface area contributed by atoms with Crippen LogP contribution < -0.4 is 0 Å². The third-order valence-corrected chi connectivity index (χ3v) is 13.2. The van der Waals surface area contributed by atoms with Crippen LogP contribution in [-0.4, -0.2) is 111 Å². The van der Waals surface area contributed by atoms with Crippen LogP contribution in [0.3, 0.4) is 0 Å². The number of hydrogen-bond acceptors (Lipinski definition) is 12. The van der Waals surface area contributed by atoms with Gasteiger partial charge in [-0.25, -0.2) is 0 Å². The Morgan fingerprint density at radius 2 is 1.67 bits per heavy atom. The summed E-state index contributed by atoms with van der Waals surface area (Å²) in [5.74, 6) is -4.56. The number of likely N-dealkylation sites (N-methyl/N-ethyl adjacent to an activating group) is 1. The van der Waals surface area contributed by atoms with E-state index < -0.39 is 65.4 Å². The van der Waals surface area contributed by atoms with E-state index in [0.29, 0.717) is 18.6 Å². The molecule has 0 unspecified atom stereocenters. The summed E-state index contributed by atoms with van der Waals surface area (Å²) in [6, 6.07) is 19.2. The van der Waals surface area contributed by atoms with Gasteiger partial charge in [0, 0.05) is 41.8 Å². The average Bonchev–Trinajstić information content (AvgIpc) is 3.24. The number of pyridine rings is 1. The number of nitrogens with zero attached hydrogens (tertiary/aromatic N) is 3. The molecule has 0 radical (unpaired) electrons. The van der Waals surface area contributed by atoms with Crippen LogP contribution in [0, 0.1) is 29.6 Å². The van der Waals surface area contributed by atoms with E-state index in [1.165, 1.54) is 0 Å². The Bertz CT molecular complexity index is 1970. The van der Waals surface area contributed by atoms with Crippen molar-refractivity contribution < 1.29 is 44.0 Å². The Morgan fingerprint density at radius 1 is 0.984 bits per heavy atom. The number of Topliss-reactive ketones (excluding diaryl/α,β-unsaturated/α-hetero) is 2. The first-order chi connectivity index (χ1) is 28.9. The fourth-order valence-corrected chi connectivity index (χ4v) is 9.33. The summed E-state index contributed by atoms with van der Waals surface area (Å²) in [5, 5.41) is 41.5. The number of ether oxygens (including phenoxy) is 3. The zero-order valence-electron chi connectivity index (χ0n) is 37.7. The van der Waals surface area contributed by atoms with Crippen LogP contribution >= 0.6 is 0 Å². The maximum Gasteiger partial charge on any atom is 0.185 e. The molecule has 5 rings (SSSR count). The Kier molecular flexibility index (Phi) is 16.6.